The smallest absolute Gasteiger partial charge is 0.407 e. The van der Waals surface area contributed by atoms with Gasteiger partial charge in [0.25, 0.3) is 0 Å². The molecule has 0 spiro atoms. The van der Waals surface area contributed by atoms with Crippen molar-refractivity contribution >= 4 is 6.09 Å². The Morgan fingerprint density at radius 2 is 1.75 bits per heavy atom. The highest BCUT2D eigenvalue weighted by Crippen LogP contribution is 2.18. The molecule has 0 fully saturated rings. The Kier molecular flexibility index (Phi) is 7.63. The summed E-state index contributed by atoms with van der Waals surface area (Å²) in [7, 11) is 0. The molecule has 1 N–H and O–H groups in total. The monoisotopic (exact) mass is 329 g/mol. The van der Waals surface area contributed by atoms with E-state index in [4.69, 9.17) is 14.2 Å². The molecule has 0 bridgehead atoms. The first-order valence-corrected chi connectivity index (χ1v) is 8.02. The minimum Gasteiger partial charge on any atom is -0.491 e. The summed E-state index contributed by atoms with van der Waals surface area (Å²) in [6.45, 7) is 4.11. The zero-order valence-electron chi connectivity index (χ0n) is 13.9. The number of nitrogens with one attached hydrogen (secondary N) is 1. The lowest BCUT2D eigenvalue weighted by Gasteiger charge is -2.12. The molecule has 0 aromatic heterocycles. The van der Waals surface area contributed by atoms with E-state index >= 15 is 0 Å². The number of rotatable bonds is 9. The number of hydrogen-bond acceptors (Lipinski definition) is 4. The molecule has 1 amide bonds. The third kappa shape index (κ3) is 6.30. The van der Waals surface area contributed by atoms with E-state index in [0.29, 0.717) is 26.4 Å². The van der Waals surface area contributed by atoms with Crippen molar-refractivity contribution in [1.29, 1.82) is 0 Å². The van der Waals surface area contributed by atoms with Gasteiger partial charge in [-0.1, -0.05) is 48.5 Å². The fourth-order valence-electron chi connectivity index (χ4n) is 2.06. The second kappa shape index (κ2) is 10.3. The van der Waals surface area contributed by atoms with E-state index in [1.165, 1.54) is 0 Å². The highest BCUT2D eigenvalue weighted by molar-refractivity contribution is 5.67. The first kappa shape index (κ1) is 17.8. The van der Waals surface area contributed by atoms with Gasteiger partial charge in [0.15, 0.2) is 0 Å². The summed E-state index contributed by atoms with van der Waals surface area (Å²) in [4.78, 5) is 11.6. The van der Waals surface area contributed by atoms with E-state index in [9.17, 15) is 4.79 Å². The van der Waals surface area contributed by atoms with Gasteiger partial charge in [-0.3, -0.25) is 0 Å². The maximum absolute atomic E-state index is 11.6. The van der Waals surface area contributed by atoms with Crippen molar-refractivity contribution in [3.05, 3.63) is 65.7 Å². The number of alkyl carbamates (subject to hydrolysis) is 1. The van der Waals surface area contributed by atoms with Crippen LogP contribution in [-0.4, -0.2) is 25.9 Å². The maximum Gasteiger partial charge on any atom is 0.407 e. The van der Waals surface area contributed by atoms with E-state index in [1.54, 1.807) is 0 Å². The minimum absolute atomic E-state index is 0.255. The normalized spacial score (nSPS) is 10.2. The van der Waals surface area contributed by atoms with Gasteiger partial charge in [0.2, 0.25) is 0 Å². The van der Waals surface area contributed by atoms with Crippen LogP contribution in [0.3, 0.4) is 0 Å². The molecular formula is C19H23NO4. The third-order valence-corrected chi connectivity index (χ3v) is 3.28. The molecule has 5 heteroatoms. The molecule has 24 heavy (non-hydrogen) atoms. The molecule has 0 saturated heterocycles. The first-order valence-electron chi connectivity index (χ1n) is 8.02. The van der Waals surface area contributed by atoms with Crippen LogP contribution in [0.15, 0.2) is 54.6 Å². The van der Waals surface area contributed by atoms with E-state index in [1.807, 2.05) is 61.5 Å². The number of hydrogen-bond donors (Lipinski definition) is 1. The number of ether oxygens (including phenoxy) is 3. The van der Waals surface area contributed by atoms with Crippen molar-refractivity contribution in [2.75, 3.05) is 19.8 Å². The average molecular weight is 329 g/mol. The fraction of sp³-hybridized carbons (Fsp3) is 0.316. The van der Waals surface area contributed by atoms with Crippen molar-refractivity contribution in [1.82, 2.24) is 5.32 Å². The Bertz CT molecular complexity index is 616. The quantitative estimate of drug-likeness (QED) is 0.715. The Morgan fingerprint density at radius 1 is 1.00 bits per heavy atom. The van der Waals surface area contributed by atoms with Gasteiger partial charge in [0.1, 0.15) is 19.0 Å². The summed E-state index contributed by atoms with van der Waals surface area (Å²) in [5.41, 5.74) is 1.94. The Balaban J connectivity index is 1.66. The second-order valence-corrected chi connectivity index (χ2v) is 5.08. The van der Waals surface area contributed by atoms with Gasteiger partial charge in [-0.05, 0) is 18.6 Å². The van der Waals surface area contributed by atoms with Crippen LogP contribution < -0.4 is 10.1 Å². The highest BCUT2D eigenvalue weighted by atomic mass is 16.5. The SMILES string of the molecule is CCOCc1ccccc1OCCNC(=O)OCc1ccccc1. The molecule has 0 unspecified atom stereocenters. The summed E-state index contributed by atoms with van der Waals surface area (Å²) >= 11 is 0. The van der Waals surface area contributed by atoms with Crippen molar-refractivity contribution in [3.8, 4) is 5.75 Å². The molecule has 0 aliphatic carbocycles. The number of carbonyl (C=O) groups is 1. The van der Waals surface area contributed by atoms with Gasteiger partial charge in [0.05, 0.1) is 13.2 Å². The van der Waals surface area contributed by atoms with Gasteiger partial charge in [-0.2, -0.15) is 0 Å². The average Bonchev–Trinajstić information content (AvgIpc) is 2.63. The van der Waals surface area contributed by atoms with Crippen LogP contribution in [0.1, 0.15) is 18.1 Å². The summed E-state index contributed by atoms with van der Waals surface area (Å²) in [6, 6.07) is 17.3. The van der Waals surface area contributed by atoms with Crippen molar-refractivity contribution in [3.63, 3.8) is 0 Å². The van der Waals surface area contributed by atoms with E-state index in [2.05, 4.69) is 5.32 Å². The van der Waals surface area contributed by atoms with Gasteiger partial charge in [-0.15, -0.1) is 0 Å². The van der Waals surface area contributed by atoms with Crippen molar-refractivity contribution in [2.24, 2.45) is 0 Å². The van der Waals surface area contributed by atoms with E-state index < -0.39 is 6.09 Å². The topological polar surface area (TPSA) is 56.8 Å². The Labute approximate surface area is 142 Å². The zero-order valence-corrected chi connectivity index (χ0v) is 13.9. The van der Waals surface area contributed by atoms with Crippen LogP contribution in [0.2, 0.25) is 0 Å². The van der Waals surface area contributed by atoms with Gasteiger partial charge >= 0.3 is 6.09 Å². The molecule has 2 rings (SSSR count). The molecule has 0 radical (unpaired) electrons. The summed E-state index contributed by atoms with van der Waals surface area (Å²) < 4.78 is 16.2. The predicted molar refractivity (Wildman–Crippen MR) is 91.9 cm³/mol. The van der Waals surface area contributed by atoms with Gasteiger partial charge < -0.3 is 19.5 Å². The predicted octanol–water partition coefficient (Wildman–Crippen LogP) is 3.53. The molecule has 0 aliphatic rings. The molecule has 2 aromatic rings. The van der Waals surface area contributed by atoms with Crippen LogP contribution in [0, 0.1) is 0 Å². The first-order chi connectivity index (χ1) is 11.8. The fourth-order valence-corrected chi connectivity index (χ4v) is 2.06. The number of benzene rings is 2. The molecule has 128 valence electrons. The van der Waals surface area contributed by atoms with Crippen LogP contribution in [0.5, 0.6) is 5.75 Å². The second-order valence-electron chi connectivity index (χ2n) is 5.08. The summed E-state index contributed by atoms with van der Waals surface area (Å²) in [5, 5.41) is 2.67. The standard InChI is InChI=1S/C19H23NO4/c1-2-22-15-17-10-6-7-11-18(17)23-13-12-20-19(21)24-14-16-8-4-3-5-9-16/h3-11H,2,12-15H2,1H3,(H,20,21). The largest absolute Gasteiger partial charge is 0.491 e. The lowest BCUT2D eigenvalue weighted by atomic mass is 10.2. The van der Waals surface area contributed by atoms with E-state index in [0.717, 1.165) is 16.9 Å². The number of para-hydroxylation sites is 1. The molecule has 0 atom stereocenters. The maximum atomic E-state index is 11.6. The van der Waals surface area contributed by atoms with Gasteiger partial charge in [0, 0.05) is 12.2 Å². The lowest BCUT2D eigenvalue weighted by Crippen LogP contribution is -2.28. The number of amides is 1. The van der Waals surface area contributed by atoms with Crippen LogP contribution >= 0.6 is 0 Å². The molecule has 2 aromatic carbocycles. The zero-order chi connectivity index (χ0) is 17.0. The van der Waals surface area contributed by atoms with Crippen LogP contribution in [-0.2, 0) is 22.7 Å². The highest BCUT2D eigenvalue weighted by Gasteiger charge is 2.05. The summed E-state index contributed by atoms with van der Waals surface area (Å²) in [5.74, 6) is 0.769. The Morgan fingerprint density at radius 3 is 2.54 bits per heavy atom. The lowest BCUT2D eigenvalue weighted by molar-refractivity contribution is 0.130. The van der Waals surface area contributed by atoms with Crippen LogP contribution in [0.4, 0.5) is 4.79 Å². The minimum atomic E-state index is -0.454. The van der Waals surface area contributed by atoms with E-state index in [-0.39, 0.29) is 6.61 Å². The summed E-state index contributed by atoms with van der Waals surface area (Å²) in [6.07, 6.45) is -0.454. The molecule has 0 saturated carbocycles. The molecule has 0 heterocycles. The Hall–Kier alpha value is -2.53. The molecular weight excluding hydrogens is 306 g/mol. The van der Waals surface area contributed by atoms with Gasteiger partial charge in [-0.25, -0.2) is 4.79 Å². The molecule has 0 aliphatic heterocycles. The molecule has 5 nitrogen and oxygen atoms in total. The van der Waals surface area contributed by atoms with Crippen molar-refractivity contribution in [2.45, 2.75) is 20.1 Å². The number of carbonyl (C=O) groups excluding carboxylic acids is 1. The van der Waals surface area contributed by atoms with Crippen LogP contribution in [0.25, 0.3) is 0 Å². The van der Waals surface area contributed by atoms with Crippen molar-refractivity contribution < 1.29 is 19.0 Å². The third-order valence-electron chi connectivity index (χ3n) is 3.28.